The van der Waals surface area contributed by atoms with Gasteiger partial charge in [-0.2, -0.15) is 11.8 Å². The van der Waals surface area contributed by atoms with Gasteiger partial charge in [-0.05, 0) is 59.2 Å². The first-order chi connectivity index (χ1) is 8.76. The van der Waals surface area contributed by atoms with Crippen molar-refractivity contribution >= 4 is 57.0 Å². The highest BCUT2D eigenvalue weighted by Crippen LogP contribution is 2.20. The molecule has 0 saturated heterocycles. The summed E-state index contributed by atoms with van der Waals surface area (Å²) in [5.74, 6) is 2.93. The Morgan fingerprint density at radius 1 is 1.44 bits per heavy atom. The molecule has 5 heteroatoms. The predicted molar refractivity (Wildman–Crippen MR) is 89.9 cm³/mol. The Balaban J connectivity index is 2.35. The molecule has 0 radical (unpaired) electrons. The highest BCUT2D eigenvalue weighted by molar-refractivity contribution is 14.1. The minimum atomic E-state index is 0.628. The van der Waals surface area contributed by atoms with Gasteiger partial charge in [0, 0.05) is 22.4 Å². The third kappa shape index (κ3) is 3.33. The number of nitrogens with zero attached hydrogens (tertiary/aromatic N) is 2. The lowest BCUT2D eigenvalue weighted by molar-refractivity contribution is 0.665. The van der Waals surface area contributed by atoms with Crippen LogP contribution in [0.5, 0.6) is 0 Å². The van der Waals surface area contributed by atoms with Gasteiger partial charge in [0.25, 0.3) is 0 Å². The average Bonchev–Trinajstić information content (AvgIpc) is 2.67. The third-order valence-electron chi connectivity index (χ3n) is 2.84. The van der Waals surface area contributed by atoms with Gasteiger partial charge in [0.15, 0.2) is 0 Å². The number of hydrogen-bond acceptors (Lipinski definition) is 2. The van der Waals surface area contributed by atoms with Gasteiger partial charge in [-0.1, -0.05) is 0 Å². The van der Waals surface area contributed by atoms with Crippen LogP contribution in [-0.2, 0) is 13.0 Å². The van der Waals surface area contributed by atoms with Crippen LogP contribution in [-0.4, -0.2) is 27.4 Å². The second-order valence-corrected chi connectivity index (χ2v) is 6.71. The Morgan fingerprint density at radius 2 is 2.28 bits per heavy atom. The molecule has 2 aromatic rings. The van der Waals surface area contributed by atoms with Crippen molar-refractivity contribution in [1.82, 2.24) is 9.55 Å². The van der Waals surface area contributed by atoms with E-state index in [1.54, 1.807) is 0 Å². The maximum atomic E-state index is 5.87. The number of thioether (sulfide) groups is 1. The van der Waals surface area contributed by atoms with Crippen LogP contribution in [0.4, 0.5) is 0 Å². The number of halogens is 2. The first-order valence-electron chi connectivity index (χ1n) is 5.96. The monoisotopic (exact) mass is 394 g/mol. The maximum Gasteiger partial charge on any atom is 0.111 e. The lowest BCUT2D eigenvalue weighted by atomic mass is 10.3. The summed E-state index contributed by atoms with van der Waals surface area (Å²) in [4.78, 5) is 4.71. The lowest BCUT2D eigenvalue weighted by Gasteiger charge is -2.07. The number of aromatic nitrogens is 2. The minimum Gasteiger partial charge on any atom is -0.328 e. The maximum absolute atomic E-state index is 5.87. The van der Waals surface area contributed by atoms with E-state index in [2.05, 4.69) is 51.6 Å². The van der Waals surface area contributed by atoms with Crippen molar-refractivity contribution in [3.63, 3.8) is 0 Å². The zero-order valence-electron chi connectivity index (χ0n) is 10.3. The predicted octanol–water partition coefficient (Wildman–Crippen LogP) is 4.18. The Hall–Kier alpha value is 0.0600. The number of imidazole rings is 1. The van der Waals surface area contributed by atoms with Gasteiger partial charge in [0.05, 0.1) is 11.0 Å². The van der Waals surface area contributed by atoms with Crippen LogP contribution in [0.25, 0.3) is 11.0 Å². The largest absolute Gasteiger partial charge is 0.328 e. The molecule has 0 amide bonds. The standard InChI is InChI=1S/C13H16ClIN2S/c1-18-8-2-7-17-12-4-3-10(15)9-11(12)16-13(17)5-6-14/h3-4,9H,2,5-8H2,1H3. The van der Waals surface area contributed by atoms with Crippen LogP contribution in [0.3, 0.4) is 0 Å². The molecule has 18 heavy (non-hydrogen) atoms. The van der Waals surface area contributed by atoms with Gasteiger partial charge in [-0.15, -0.1) is 11.6 Å². The highest BCUT2D eigenvalue weighted by Gasteiger charge is 2.10. The van der Waals surface area contributed by atoms with Crippen LogP contribution in [0.15, 0.2) is 18.2 Å². The van der Waals surface area contributed by atoms with Crippen LogP contribution in [0.2, 0.25) is 0 Å². The zero-order chi connectivity index (χ0) is 13.0. The fourth-order valence-corrected chi connectivity index (χ4v) is 3.11. The molecule has 0 unspecified atom stereocenters. The summed E-state index contributed by atoms with van der Waals surface area (Å²) in [6, 6.07) is 6.44. The molecule has 0 atom stereocenters. The van der Waals surface area contributed by atoms with E-state index in [0.717, 1.165) is 24.3 Å². The highest BCUT2D eigenvalue weighted by atomic mass is 127. The molecular weight excluding hydrogens is 379 g/mol. The van der Waals surface area contributed by atoms with Crippen molar-refractivity contribution in [3.8, 4) is 0 Å². The average molecular weight is 395 g/mol. The summed E-state index contributed by atoms with van der Waals surface area (Å²) >= 11 is 10.1. The van der Waals surface area contributed by atoms with E-state index in [0.29, 0.717) is 5.88 Å². The molecule has 98 valence electrons. The van der Waals surface area contributed by atoms with E-state index >= 15 is 0 Å². The molecule has 1 heterocycles. The van der Waals surface area contributed by atoms with Crippen molar-refractivity contribution in [2.75, 3.05) is 17.9 Å². The van der Waals surface area contributed by atoms with Crippen LogP contribution < -0.4 is 0 Å². The van der Waals surface area contributed by atoms with E-state index < -0.39 is 0 Å². The Kier molecular flexibility index (Phi) is 5.63. The summed E-state index contributed by atoms with van der Waals surface area (Å²) in [6.07, 6.45) is 4.16. The lowest BCUT2D eigenvalue weighted by Crippen LogP contribution is -2.05. The van der Waals surface area contributed by atoms with Crippen LogP contribution >= 0.6 is 46.0 Å². The molecule has 2 nitrogen and oxygen atoms in total. The Morgan fingerprint density at radius 3 is 3.00 bits per heavy atom. The van der Waals surface area contributed by atoms with E-state index in [1.807, 2.05) is 11.8 Å². The molecule has 2 rings (SSSR count). The first kappa shape index (κ1) is 14.5. The zero-order valence-corrected chi connectivity index (χ0v) is 14.1. The van der Waals surface area contributed by atoms with Gasteiger partial charge in [-0.25, -0.2) is 4.98 Å². The first-order valence-corrected chi connectivity index (χ1v) is 8.96. The summed E-state index contributed by atoms with van der Waals surface area (Å²) in [5, 5.41) is 0. The second kappa shape index (κ2) is 7.01. The smallest absolute Gasteiger partial charge is 0.111 e. The molecular formula is C13H16ClIN2S. The number of fused-ring (bicyclic) bond motifs is 1. The molecule has 1 aromatic carbocycles. The minimum absolute atomic E-state index is 0.628. The third-order valence-corrected chi connectivity index (χ3v) is 4.39. The quantitative estimate of drug-likeness (QED) is 0.416. The summed E-state index contributed by atoms with van der Waals surface area (Å²) < 4.78 is 3.55. The number of aryl methyl sites for hydroxylation is 2. The van der Waals surface area contributed by atoms with Crippen molar-refractivity contribution in [1.29, 1.82) is 0 Å². The molecule has 0 spiro atoms. The van der Waals surface area contributed by atoms with Gasteiger partial charge in [0.2, 0.25) is 0 Å². The molecule has 0 saturated carbocycles. The molecule has 0 aliphatic rings. The summed E-state index contributed by atoms with van der Waals surface area (Å²) in [5.41, 5.74) is 2.32. The number of hydrogen-bond donors (Lipinski definition) is 0. The molecule has 0 bridgehead atoms. The molecule has 0 aliphatic heterocycles. The van der Waals surface area contributed by atoms with E-state index in [1.165, 1.54) is 21.3 Å². The second-order valence-electron chi connectivity index (χ2n) is 4.10. The van der Waals surface area contributed by atoms with Crippen LogP contribution in [0.1, 0.15) is 12.2 Å². The molecule has 0 fully saturated rings. The number of rotatable bonds is 6. The van der Waals surface area contributed by atoms with Crippen molar-refractivity contribution in [2.24, 2.45) is 0 Å². The Labute approximate surface area is 131 Å². The van der Waals surface area contributed by atoms with E-state index in [9.17, 15) is 0 Å². The van der Waals surface area contributed by atoms with Crippen LogP contribution in [0, 0.1) is 3.57 Å². The molecule has 0 N–H and O–H groups in total. The van der Waals surface area contributed by atoms with Crippen molar-refractivity contribution < 1.29 is 0 Å². The van der Waals surface area contributed by atoms with E-state index in [4.69, 9.17) is 16.6 Å². The fourth-order valence-electron chi connectivity index (χ4n) is 2.04. The van der Waals surface area contributed by atoms with Crippen molar-refractivity contribution in [3.05, 3.63) is 27.6 Å². The van der Waals surface area contributed by atoms with Gasteiger partial charge >= 0.3 is 0 Å². The number of benzene rings is 1. The SMILES string of the molecule is CSCCCn1c(CCCl)nc2cc(I)ccc21. The summed E-state index contributed by atoms with van der Waals surface area (Å²) in [7, 11) is 0. The fraction of sp³-hybridized carbons (Fsp3) is 0.462. The molecule has 0 aliphatic carbocycles. The molecule has 1 aromatic heterocycles. The van der Waals surface area contributed by atoms with Gasteiger partial charge in [-0.3, -0.25) is 0 Å². The summed E-state index contributed by atoms with van der Waals surface area (Å²) in [6.45, 7) is 1.03. The Bertz CT molecular complexity index is 527. The van der Waals surface area contributed by atoms with Gasteiger partial charge in [0.1, 0.15) is 5.82 Å². The van der Waals surface area contributed by atoms with Gasteiger partial charge < -0.3 is 4.57 Å². The number of alkyl halides is 1. The normalized spacial score (nSPS) is 11.3. The topological polar surface area (TPSA) is 17.8 Å². The van der Waals surface area contributed by atoms with Crippen molar-refractivity contribution in [2.45, 2.75) is 19.4 Å². The van der Waals surface area contributed by atoms with E-state index in [-0.39, 0.29) is 0 Å².